The van der Waals surface area contributed by atoms with E-state index in [0.717, 1.165) is 4.47 Å². The Bertz CT molecular complexity index is 669. The first-order valence-electron chi connectivity index (χ1n) is 5.44. The van der Waals surface area contributed by atoms with Crippen molar-refractivity contribution in [2.24, 2.45) is 0 Å². The Balaban J connectivity index is 2.29. The molecule has 0 aromatic heterocycles. The molecule has 0 atom stereocenters. The number of halogens is 1. The summed E-state index contributed by atoms with van der Waals surface area (Å²) < 4.78 is 32.8. The molecule has 4 nitrogen and oxygen atoms in total. The molecule has 0 fully saturated rings. The zero-order valence-corrected chi connectivity index (χ0v) is 12.5. The molecule has 2 aromatic carbocycles. The Hall–Kier alpha value is -1.53. The summed E-state index contributed by atoms with van der Waals surface area (Å²) in [6, 6.07) is 13.2. The van der Waals surface area contributed by atoms with Gasteiger partial charge >= 0.3 is 0 Å². The zero-order chi connectivity index (χ0) is 13.9. The predicted molar refractivity (Wildman–Crippen MR) is 77.9 cm³/mol. The Morgan fingerprint density at radius 3 is 2.42 bits per heavy atom. The molecule has 0 saturated heterocycles. The van der Waals surface area contributed by atoms with Crippen LogP contribution in [0.4, 0.5) is 5.69 Å². The number of methoxy groups -OCH3 is 1. The van der Waals surface area contributed by atoms with Crippen LogP contribution in [-0.4, -0.2) is 15.5 Å². The molecule has 6 heteroatoms. The predicted octanol–water partition coefficient (Wildman–Crippen LogP) is 3.26. The lowest BCUT2D eigenvalue weighted by Gasteiger charge is -2.09. The highest BCUT2D eigenvalue weighted by molar-refractivity contribution is 9.10. The minimum atomic E-state index is -3.60. The molecular formula is C13H12BrNO3S. The average molecular weight is 342 g/mol. The van der Waals surface area contributed by atoms with Crippen molar-refractivity contribution in [2.75, 3.05) is 11.8 Å². The molecule has 0 saturated carbocycles. The third-order valence-electron chi connectivity index (χ3n) is 2.45. The Morgan fingerprint density at radius 1 is 1.11 bits per heavy atom. The van der Waals surface area contributed by atoms with Crippen LogP contribution in [0.1, 0.15) is 0 Å². The summed E-state index contributed by atoms with van der Waals surface area (Å²) in [7, 11) is -2.11. The second kappa shape index (κ2) is 5.63. The molecule has 100 valence electrons. The first-order chi connectivity index (χ1) is 9.01. The SMILES string of the molecule is COc1cccc(S(=O)(=O)Nc2ccc(Br)cc2)c1. The van der Waals surface area contributed by atoms with Gasteiger partial charge in [0.05, 0.1) is 12.0 Å². The average Bonchev–Trinajstić information content (AvgIpc) is 2.41. The van der Waals surface area contributed by atoms with Crippen LogP contribution in [-0.2, 0) is 10.0 Å². The van der Waals surface area contributed by atoms with Gasteiger partial charge in [-0.15, -0.1) is 0 Å². The van der Waals surface area contributed by atoms with Crippen molar-refractivity contribution in [1.29, 1.82) is 0 Å². The van der Waals surface area contributed by atoms with E-state index in [-0.39, 0.29) is 4.90 Å². The van der Waals surface area contributed by atoms with Crippen molar-refractivity contribution in [2.45, 2.75) is 4.90 Å². The quantitative estimate of drug-likeness (QED) is 0.928. The molecule has 0 radical (unpaired) electrons. The molecule has 2 aromatic rings. The van der Waals surface area contributed by atoms with Gasteiger partial charge in [-0.2, -0.15) is 0 Å². The molecule has 0 unspecified atom stereocenters. The van der Waals surface area contributed by atoms with E-state index in [1.54, 1.807) is 36.4 Å². The molecule has 0 bridgehead atoms. The van der Waals surface area contributed by atoms with Gasteiger partial charge in [-0.1, -0.05) is 22.0 Å². The molecule has 0 aliphatic heterocycles. The number of anilines is 1. The van der Waals surface area contributed by atoms with Crippen LogP contribution in [0.5, 0.6) is 5.75 Å². The summed E-state index contributed by atoms with van der Waals surface area (Å²) in [5, 5.41) is 0. The van der Waals surface area contributed by atoms with Crippen LogP contribution in [0.25, 0.3) is 0 Å². The Labute approximate surface area is 120 Å². The summed E-state index contributed by atoms with van der Waals surface area (Å²) in [5.41, 5.74) is 0.506. The normalized spacial score (nSPS) is 11.1. The van der Waals surface area contributed by atoms with Crippen molar-refractivity contribution in [3.63, 3.8) is 0 Å². The van der Waals surface area contributed by atoms with Crippen molar-refractivity contribution >= 4 is 31.6 Å². The van der Waals surface area contributed by atoms with E-state index in [2.05, 4.69) is 20.7 Å². The summed E-state index contributed by atoms with van der Waals surface area (Å²) in [5.74, 6) is 0.499. The lowest BCUT2D eigenvalue weighted by molar-refractivity contribution is 0.413. The molecule has 1 N–H and O–H groups in total. The van der Waals surface area contributed by atoms with Gasteiger partial charge in [-0.3, -0.25) is 4.72 Å². The summed E-state index contributed by atoms with van der Waals surface area (Å²) in [6.07, 6.45) is 0. The van der Waals surface area contributed by atoms with E-state index in [9.17, 15) is 8.42 Å². The summed E-state index contributed by atoms with van der Waals surface area (Å²) >= 11 is 3.30. The van der Waals surface area contributed by atoms with Crippen LogP contribution in [0.2, 0.25) is 0 Å². The van der Waals surface area contributed by atoms with E-state index in [4.69, 9.17) is 4.74 Å². The number of rotatable bonds is 4. The molecule has 0 aliphatic rings. The van der Waals surface area contributed by atoms with Gasteiger partial charge in [-0.25, -0.2) is 8.42 Å². The lowest BCUT2D eigenvalue weighted by Crippen LogP contribution is -2.12. The topological polar surface area (TPSA) is 55.4 Å². The molecule has 2 rings (SSSR count). The van der Waals surface area contributed by atoms with Crippen LogP contribution in [0.15, 0.2) is 57.9 Å². The number of sulfonamides is 1. The lowest BCUT2D eigenvalue weighted by atomic mass is 10.3. The maximum atomic E-state index is 12.2. The molecule has 19 heavy (non-hydrogen) atoms. The molecule has 0 aliphatic carbocycles. The number of hydrogen-bond donors (Lipinski definition) is 1. The van der Waals surface area contributed by atoms with Crippen LogP contribution in [0, 0.1) is 0 Å². The first-order valence-corrected chi connectivity index (χ1v) is 7.71. The van der Waals surface area contributed by atoms with Gasteiger partial charge in [-0.05, 0) is 36.4 Å². The minimum Gasteiger partial charge on any atom is -0.497 e. The molecular weight excluding hydrogens is 330 g/mol. The van der Waals surface area contributed by atoms with Crippen molar-refractivity contribution < 1.29 is 13.2 Å². The van der Waals surface area contributed by atoms with Gasteiger partial charge in [0.15, 0.2) is 0 Å². The van der Waals surface area contributed by atoms with Gasteiger partial charge < -0.3 is 4.74 Å². The van der Waals surface area contributed by atoms with Crippen molar-refractivity contribution in [3.8, 4) is 5.75 Å². The largest absolute Gasteiger partial charge is 0.497 e. The van der Waals surface area contributed by atoms with Gasteiger partial charge in [0.1, 0.15) is 5.75 Å². The van der Waals surface area contributed by atoms with Crippen molar-refractivity contribution in [1.82, 2.24) is 0 Å². The van der Waals surface area contributed by atoms with E-state index in [0.29, 0.717) is 11.4 Å². The van der Waals surface area contributed by atoms with Gasteiger partial charge in [0.2, 0.25) is 0 Å². The standard InChI is InChI=1S/C13H12BrNO3S/c1-18-12-3-2-4-13(9-12)19(16,17)15-11-7-5-10(14)6-8-11/h2-9,15H,1H3. The highest BCUT2D eigenvalue weighted by Crippen LogP contribution is 2.21. The number of ether oxygens (including phenoxy) is 1. The molecule has 0 spiro atoms. The smallest absolute Gasteiger partial charge is 0.262 e. The second-order valence-electron chi connectivity index (χ2n) is 3.79. The maximum Gasteiger partial charge on any atom is 0.262 e. The van der Waals surface area contributed by atoms with E-state index in [1.807, 2.05) is 0 Å². The van der Waals surface area contributed by atoms with E-state index < -0.39 is 10.0 Å². The zero-order valence-electron chi connectivity index (χ0n) is 10.1. The fourth-order valence-electron chi connectivity index (χ4n) is 1.50. The van der Waals surface area contributed by atoms with Gasteiger partial charge in [0, 0.05) is 16.2 Å². The second-order valence-corrected chi connectivity index (χ2v) is 6.39. The van der Waals surface area contributed by atoms with E-state index >= 15 is 0 Å². The number of benzene rings is 2. The van der Waals surface area contributed by atoms with Gasteiger partial charge in [0.25, 0.3) is 10.0 Å². The monoisotopic (exact) mass is 341 g/mol. The Kier molecular flexibility index (Phi) is 4.11. The summed E-state index contributed by atoms with van der Waals surface area (Å²) in [6.45, 7) is 0. The van der Waals surface area contributed by atoms with Crippen LogP contribution >= 0.6 is 15.9 Å². The Morgan fingerprint density at radius 2 is 1.79 bits per heavy atom. The highest BCUT2D eigenvalue weighted by Gasteiger charge is 2.14. The van der Waals surface area contributed by atoms with Crippen LogP contribution in [0.3, 0.4) is 0 Å². The number of nitrogens with one attached hydrogen (secondary N) is 1. The van der Waals surface area contributed by atoms with Crippen LogP contribution < -0.4 is 9.46 Å². The molecule has 0 amide bonds. The third-order valence-corrected chi connectivity index (χ3v) is 4.36. The fourth-order valence-corrected chi connectivity index (χ4v) is 2.86. The third kappa shape index (κ3) is 3.48. The first kappa shape index (κ1) is 13.9. The van der Waals surface area contributed by atoms with E-state index in [1.165, 1.54) is 19.2 Å². The minimum absolute atomic E-state index is 0.162. The highest BCUT2D eigenvalue weighted by atomic mass is 79.9. The van der Waals surface area contributed by atoms with Crippen molar-refractivity contribution in [3.05, 3.63) is 53.0 Å². The fraction of sp³-hybridized carbons (Fsp3) is 0.0769. The molecule has 0 heterocycles. The number of hydrogen-bond acceptors (Lipinski definition) is 3. The maximum absolute atomic E-state index is 12.2. The summed E-state index contributed by atoms with van der Waals surface area (Å²) in [4.78, 5) is 0.162.